The van der Waals surface area contributed by atoms with Crippen molar-refractivity contribution in [3.8, 4) is 11.5 Å². The van der Waals surface area contributed by atoms with Crippen molar-refractivity contribution in [2.24, 2.45) is 0 Å². The number of hydrogen-bond donors (Lipinski definition) is 4. The molecule has 2 aromatic carbocycles. The highest BCUT2D eigenvalue weighted by molar-refractivity contribution is 5.97. The minimum atomic E-state index is -1.10. The Hall–Kier alpha value is -3.59. The summed E-state index contributed by atoms with van der Waals surface area (Å²) in [6.07, 6.45) is 0.0328. The number of nitrogens with zero attached hydrogens (tertiary/aromatic N) is 1. The molecule has 1 aliphatic heterocycles. The molecular formula is C19H18N4O5. The van der Waals surface area contributed by atoms with Crippen molar-refractivity contribution in [2.75, 3.05) is 18.7 Å². The van der Waals surface area contributed by atoms with E-state index >= 15 is 0 Å². The summed E-state index contributed by atoms with van der Waals surface area (Å²) in [6.45, 7) is -0.390. The number of para-hydroxylation sites is 2. The molecule has 28 heavy (non-hydrogen) atoms. The number of aliphatic hydroxyl groups excluding tert-OH is 1. The molecule has 2 heterocycles. The number of H-pyrrole nitrogens is 1. The van der Waals surface area contributed by atoms with Gasteiger partial charge in [-0.3, -0.25) is 14.9 Å². The number of ether oxygens (including phenoxy) is 2. The van der Waals surface area contributed by atoms with E-state index in [-0.39, 0.29) is 19.2 Å². The predicted octanol–water partition coefficient (Wildman–Crippen LogP) is 0.950. The molecule has 0 spiro atoms. The zero-order valence-corrected chi connectivity index (χ0v) is 14.8. The maximum atomic E-state index is 12.4. The lowest BCUT2D eigenvalue weighted by Crippen LogP contribution is -2.46. The van der Waals surface area contributed by atoms with Crippen molar-refractivity contribution >= 4 is 28.8 Å². The Kier molecular flexibility index (Phi) is 4.81. The van der Waals surface area contributed by atoms with Crippen LogP contribution in [0.5, 0.6) is 11.5 Å². The van der Waals surface area contributed by atoms with Crippen molar-refractivity contribution in [1.29, 1.82) is 0 Å². The van der Waals surface area contributed by atoms with Gasteiger partial charge in [0.2, 0.25) is 18.6 Å². The van der Waals surface area contributed by atoms with Crippen LogP contribution in [-0.2, 0) is 16.0 Å². The van der Waals surface area contributed by atoms with Crippen LogP contribution in [0.2, 0.25) is 0 Å². The quantitative estimate of drug-likeness (QED) is 0.503. The first-order valence-electron chi connectivity index (χ1n) is 8.67. The van der Waals surface area contributed by atoms with Crippen LogP contribution in [0.15, 0.2) is 42.5 Å². The van der Waals surface area contributed by atoms with Crippen molar-refractivity contribution in [2.45, 2.75) is 12.5 Å². The van der Waals surface area contributed by atoms with Gasteiger partial charge in [-0.25, -0.2) is 4.98 Å². The third-order valence-electron chi connectivity index (χ3n) is 4.27. The average Bonchev–Trinajstić information content (AvgIpc) is 3.31. The van der Waals surface area contributed by atoms with Gasteiger partial charge in [0.05, 0.1) is 24.1 Å². The number of carbonyl (C=O) groups is 2. The SMILES string of the molecule is O=C(Cc1ccc2c(c1)OCO2)N[C@@H](CO)C(=O)Nc1nc2ccccc2[nH]1. The van der Waals surface area contributed by atoms with E-state index in [2.05, 4.69) is 20.6 Å². The topological polar surface area (TPSA) is 126 Å². The first-order chi connectivity index (χ1) is 13.6. The molecule has 1 aromatic heterocycles. The number of fused-ring (bicyclic) bond motifs is 2. The van der Waals surface area contributed by atoms with Gasteiger partial charge < -0.3 is 24.9 Å². The summed E-state index contributed by atoms with van der Waals surface area (Å²) >= 11 is 0. The molecule has 0 radical (unpaired) electrons. The third kappa shape index (κ3) is 3.74. The van der Waals surface area contributed by atoms with E-state index in [1.54, 1.807) is 24.3 Å². The van der Waals surface area contributed by atoms with Crippen molar-refractivity contribution in [3.05, 3.63) is 48.0 Å². The van der Waals surface area contributed by atoms with Crippen molar-refractivity contribution in [3.63, 3.8) is 0 Å². The lowest BCUT2D eigenvalue weighted by Gasteiger charge is -2.15. The van der Waals surface area contributed by atoms with Crippen LogP contribution in [0.3, 0.4) is 0 Å². The second-order valence-electron chi connectivity index (χ2n) is 6.26. The lowest BCUT2D eigenvalue weighted by molar-refractivity contribution is -0.127. The number of benzene rings is 2. The van der Waals surface area contributed by atoms with Crippen LogP contribution in [0, 0.1) is 0 Å². The normalized spacial score (nSPS) is 13.3. The monoisotopic (exact) mass is 382 g/mol. The van der Waals surface area contributed by atoms with Crippen LogP contribution in [-0.4, -0.2) is 46.3 Å². The van der Waals surface area contributed by atoms with E-state index in [1.807, 2.05) is 18.2 Å². The molecule has 2 amide bonds. The number of nitrogens with one attached hydrogen (secondary N) is 3. The molecule has 0 aliphatic carbocycles. The number of carbonyl (C=O) groups excluding carboxylic acids is 2. The number of aromatic amines is 1. The Labute approximate surface area is 159 Å². The summed E-state index contributed by atoms with van der Waals surface area (Å²) in [5, 5.41) is 14.6. The summed E-state index contributed by atoms with van der Waals surface area (Å²) < 4.78 is 10.5. The number of aliphatic hydroxyl groups is 1. The number of anilines is 1. The molecule has 4 N–H and O–H groups in total. The predicted molar refractivity (Wildman–Crippen MR) is 100 cm³/mol. The zero-order valence-electron chi connectivity index (χ0n) is 14.8. The van der Waals surface area contributed by atoms with E-state index in [0.717, 1.165) is 5.52 Å². The zero-order chi connectivity index (χ0) is 19.5. The summed E-state index contributed by atoms with van der Waals surface area (Å²) in [5.74, 6) is 0.474. The number of amides is 2. The van der Waals surface area contributed by atoms with E-state index in [4.69, 9.17) is 9.47 Å². The van der Waals surface area contributed by atoms with Gasteiger partial charge >= 0.3 is 0 Å². The summed E-state index contributed by atoms with van der Waals surface area (Å²) in [6, 6.07) is 11.4. The van der Waals surface area contributed by atoms with Crippen LogP contribution < -0.4 is 20.1 Å². The van der Waals surface area contributed by atoms with E-state index in [0.29, 0.717) is 22.6 Å². The fraction of sp³-hybridized carbons (Fsp3) is 0.211. The maximum Gasteiger partial charge on any atom is 0.251 e. The van der Waals surface area contributed by atoms with Gasteiger partial charge in [0.1, 0.15) is 6.04 Å². The van der Waals surface area contributed by atoms with E-state index in [9.17, 15) is 14.7 Å². The number of imidazole rings is 1. The number of hydrogen-bond acceptors (Lipinski definition) is 6. The summed E-state index contributed by atoms with van der Waals surface area (Å²) in [7, 11) is 0. The Morgan fingerprint density at radius 2 is 2.00 bits per heavy atom. The van der Waals surface area contributed by atoms with Crippen LogP contribution >= 0.6 is 0 Å². The molecule has 0 unspecified atom stereocenters. The number of aromatic nitrogens is 2. The van der Waals surface area contributed by atoms with Crippen LogP contribution in [0.25, 0.3) is 11.0 Å². The minimum Gasteiger partial charge on any atom is -0.454 e. The van der Waals surface area contributed by atoms with Gasteiger partial charge in [0.25, 0.3) is 5.91 Å². The molecule has 3 aromatic rings. The molecular weight excluding hydrogens is 364 g/mol. The van der Waals surface area contributed by atoms with Gasteiger partial charge in [-0.05, 0) is 29.8 Å². The first kappa shape index (κ1) is 17.8. The molecule has 9 nitrogen and oxygen atoms in total. The van der Waals surface area contributed by atoms with Gasteiger partial charge in [0.15, 0.2) is 11.5 Å². The second-order valence-corrected chi connectivity index (χ2v) is 6.26. The van der Waals surface area contributed by atoms with Crippen LogP contribution in [0.1, 0.15) is 5.56 Å². The fourth-order valence-electron chi connectivity index (χ4n) is 2.89. The van der Waals surface area contributed by atoms with Crippen LogP contribution in [0.4, 0.5) is 5.95 Å². The van der Waals surface area contributed by atoms with Gasteiger partial charge in [0, 0.05) is 0 Å². The highest BCUT2D eigenvalue weighted by atomic mass is 16.7. The molecule has 0 bridgehead atoms. The average molecular weight is 382 g/mol. The molecule has 0 fully saturated rings. The fourth-order valence-corrected chi connectivity index (χ4v) is 2.89. The standard InChI is InChI=1S/C19H18N4O5/c24-9-14(18(26)23-19-21-12-3-1-2-4-13(12)22-19)20-17(25)8-11-5-6-15-16(7-11)28-10-27-15/h1-7,14,24H,8-10H2,(H,20,25)(H2,21,22,23,26)/t14-/m0/s1. The Morgan fingerprint density at radius 1 is 1.18 bits per heavy atom. The molecule has 0 saturated heterocycles. The highest BCUT2D eigenvalue weighted by Gasteiger charge is 2.22. The van der Waals surface area contributed by atoms with Gasteiger partial charge in [-0.2, -0.15) is 0 Å². The highest BCUT2D eigenvalue weighted by Crippen LogP contribution is 2.32. The molecule has 1 atom stereocenters. The Bertz CT molecular complexity index is 999. The molecule has 1 aliphatic rings. The molecule has 0 saturated carbocycles. The van der Waals surface area contributed by atoms with Gasteiger partial charge in [-0.1, -0.05) is 18.2 Å². The Morgan fingerprint density at radius 3 is 2.82 bits per heavy atom. The maximum absolute atomic E-state index is 12.4. The van der Waals surface area contributed by atoms with Crippen molar-refractivity contribution < 1.29 is 24.2 Å². The van der Waals surface area contributed by atoms with Crippen molar-refractivity contribution in [1.82, 2.24) is 15.3 Å². The summed E-state index contributed by atoms with van der Waals surface area (Å²) in [4.78, 5) is 31.9. The Balaban J connectivity index is 1.37. The largest absolute Gasteiger partial charge is 0.454 e. The minimum absolute atomic E-state index is 0.0328. The second kappa shape index (κ2) is 7.57. The molecule has 9 heteroatoms. The van der Waals surface area contributed by atoms with E-state index in [1.165, 1.54) is 0 Å². The third-order valence-corrected chi connectivity index (χ3v) is 4.27. The summed E-state index contributed by atoms with van der Waals surface area (Å²) in [5.41, 5.74) is 2.17. The lowest BCUT2D eigenvalue weighted by atomic mass is 10.1. The number of rotatable bonds is 6. The molecule has 144 valence electrons. The first-order valence-corrected chi connectivity index (χ1v) is 8.67. The molecule has 4 rings (SSSR count). The van der Waals surface area contributed by atoms with E-state index < -0.39 is 24.5 Å². The van der Waals surface area contributed by atoms with Gasteiger partial charge in [-0.15, -0.1) is 0 Å². The smallest absolute Gasteiger partial charge is 0.251 e.